The molecule has 1 rings (SSSR count). The highest BCUT2D eigenvalue weighted by Gasteiger charge is 2.39. The molecule has 1 saturated carbocycles. The lowest BCUT2D eigenvalue weighted by Gasteiger charge is -2.41. The van der Waals surface area contributed by atoms with Crippen molar-refractivity contribution in [2.75, 3.05) is 5.88 Å². The molecule has 1 atom stereocenters. The molecule has 0 spiro atoms. The van der Waals surface area contributed by atoms with Crippen LogP contribution in [0.5, 0.6) is 0 Å². The highest BCUT2D eigenvalue weighted by Crippen LogP contribution is 2.40. The highest BCUT2D eigenvalue weighted by atomic mass is 35.5. The Hall–Kier alpha value is -0.0531. The molecule has 0 saturated heterocycles. The van der Waals surface area contributed by atoms with E-state index in [1.807, 2.05) is 0 Å². The van der Waals surface area contributed by atoms with Gasteiger partial charge >= 0.3 is 0 Å². The van der Waals surface area contributed by atoms with Crippen molar-refractivity contribution >= 4 is 19.9 Å². The van der Waals surface area contributed by atoms with E-state index < -0.39 is 8.32 Å². The van der Waals surface area contributed by atoms with Crippen molar-refractivity contribution in [3.8, 4) is 0 Å². The summed E-state index contributed by atoms with van der Waals surface area (Å²) < 4.78 is 6.46. The van der Waals surface area contributed by atoms with E-state index in [0.29, 0.717) is 12.0 Å². The first-order chi connectivity index (χ1) is 8.17. The predicted molar refractivity (Wildman–Crippen MR) is 83.9 cm³/mol. The van der Waals surface area contributed by atoms with Gasteiger partial charge in [0.2, 0.25) is 0 Å². The molecule has 0 unspecified atom stereocenters. The summed E-state index contributed by atoms with van der Waals surface area (Å²) in [7, 11) is -1.65. The molecule has 0 amide bonds. The third-order valence-corrected chi connectivity index (χ3v) is 8.94. The average Bonchev–Trinajstić information content (AvgIpc) is 2.20. The summed E-state index contributed by atoms with van der Waals surface area (Å²) in [6.45, 7) is 15.7. The number of allylic oxidation sites excluding steroid dienone is 2. The molecule has 0 aromatic carbocycles. The number of alkyl halides is 1. The molecule has 3 heteroatoms. The lowest BCUT2D eigenvalue weighted by Crippen LogP contribution is -2.44. The van der Waals surface area contributed by atoms with Crippen LogP contribution in [0.15, 0.2) is 23.8 Å². The van der Waals surface area contributed by atoms with Crippen LogP contribution in [-0.4, -0.2) is 20.3 Å². The van der Waals surface area contributed by atoms with Crippen molar-refractivity contribution in [2.24, 2.45) is 0 Å². The largest absolute Gasteiger partial charge is 0.414 e. The van der Waals surface area contributed by atoms with Gasteiger partial charge in [0.25, 0.3) is 0 Å². The fourth-order valence-electron chi connectivity index (χ4n) is 2.03. The maximum absolute atomic E-state index is 6.46. The number of halogens is 1. The van der Waals surface area contributed by atoms with Gasteiger partial charge in [0.05, 0.1) is 0 Å². The summed E-state index contributed by atoms with van der Waals surface area (Å²) in [6.07, 6.45) is 5.58. The number of hydrogen-bond acceptors (Lipinski definition) is 1. The molecule has 0 radical (unpaired) electrons. The SMILES string of the molecule is C=C1C[C@H](O[Si](C)(C)C(C)(C)C)CC/C1=C/CCl. The first-order valence-electron chi connectivity index (χ1n) is 6.78. The topological polar surface area (TPSA) is 9.23 Å². The maximum atomic E-state index is 6.46. The zero-order valence-electron chi connectivity index (χ0n) is 12.5. The molecular weight excluding hydrogens is 260 g/mol. The van der Waals surface area contributed by atoms with Crippen molar-refractivity contribution < 1.29 is 4.43 Å². The van der Waals surface area contributed by atoms with E-state index in [0.717, 1.165) is 19.3 Å². The van der Waals surface area contributed by atoms with Crippen molar-refractivity contribution in [3.05, 3.63) is 23.8 Å². The van der Waals surface area contributed by atoms with Crippen LogP contribution in [0, 0.1) is 0 Å². The van der Waals surface area contributed by atoms with Gasteiger partial charge in [0.15, 0.2) is 8.32 Å². The van der Waals surface area contributed by atoms with E-state index in [1.165, 1.54) is 11.1 Å². The van der Waals surface area contributed by atoms with Gasteiger partial charge in [-0.05, 0) is 48.5 Å². The van der Waals surface area contributed by atoms with Gasteiger partial charge in [-0.25, -0.2) is 0 Å². The van der Waals surface area contributed by atoms with Gasteiger partial charge in [-0.1, -0.05) is 33.4 Å². The van der Waals surface area contributed by atoms with Crippen LogP contribution in [0.25, 0.3) is 0 Å². The minimum Gasteiger partial charge on any atom is -0.414 e. The molecule has 1 nitrogen and oxygen atoms in total. The number of hydrogen-bond donors (Lipinski definition) is 0. The van der Waals surface area contributed by atoms with Crippen LogP contribution in [0.4, 0.5) is 0 Å². The van der Waals surface area contributed by atoms with Crippen molar-refractivity contribution in [1.82, 2.24) is 0 Å². The number of rotatable bonds is 3. The average molecular weight is 287 g/mol. The summed E-state index contributed by atoms with van der Waals surface area (Å²) in [5.41, 5.74) is 2.55. The Kier molecular flexibility index (Phi) is 5.28. The summed E-state index contributed by atoms with van der Waals surface area (Å²) in [5.74, 6) is 0.585. The lowest BCUT2D eigenvalue weighted by atomic mass is 9.89. The van der Waals surface area contributed by atoms with E-state index in [4.69, 9.17) is 16.0 Å². The summed E-state index contributed by atoms with van der Waals surface area (Å²) in [5, 5.41) is 0.278. The molecule has 104 valence electrons. The van der Waals surface area contributed by atoms with E-state index in [9.17, 15) is 0 Å². The van der Waals surface area contributed by atoms with Crippen LogP contribution < -0.4 is 0 Å². The molecule has 0 aromatic heterocycles. The van der Waals surface area contributed by atoms with E-state index in [1.54, 1.807) is 0 Å². The highest BCUT2D eigenvalue weighted by molar-refractivity contribution is 6.74. The zero-order valence-corrected chi connectivity index (χ0v) is 14.2. The molecule has 0 N–H and O–H groups in total. The van der Waals surface area contributed by atoms with Gasteiger partial charge < -0.3 is 4.43 Å². The van der Waals surface area contributed by atoms with E-state index in [-0.39, 0.29) is 5.04 Å². The minimum absolute atomic E-state index is 0.278. The molecular formula is C15H27ClOSi. The fourth-order valence-corrected chi connectivity index (χ4v) is 3.61. The quantitative estimate of drug-likeness (QED) is 0.506. The minimum atomic E-state index is -1.65. The lowest BCUT2D eigenvalue weighted by molar-refractivity contribution is 0.164. The second kappa shape index (κ2) is 5.94. The Bertz CT molecular complexity index is 339. The first-order valence-corrected chi connectivity index (χ1v) is 10.2. The van der Waals surface area contributed by atoms with E-state index >= 15 is 0 Å². The molecule has 0 aromatic rings. The van der Waals surface area contributed by atoms with Gasteiger partial charge in [0.1, 0.15) is 0 Å². The normalized spacial score (nSPS) is 24.7. The van der Waals surface area contributed by atoms with E-state index in [2.05, 4.69) is 46.5 Å². The van der Waals surface area contributed by atoms with Crippen LogP contribution in [-0.2, 0) is 4.43 Å². The van der Waals surface area contributed by atoms with Crippen LogP contribution in [0.3, 0.4) is 0 Å². The van der Waals surface area contributed by atoms with Crippen LogP contribution in [0.2, 0.25) is 18.1 Å². The second-order valence-corrected chi connectivity index (χ2v) is 11.8. The molecule has 0 bridgehead atoms. The Morgan fingerprint density at radius 2 is 2.06 bits per heavy atom. The Morgan fingerprint density at radius 3 is 2.50 bits per heavy atom. The van der Waals surface area contributed by atoms with Crippen molar-refractivity contribution in [2.45, 2.75) is 64.3 Å². The summed E-state index contributed by atoms with van der Waals surface area (Å²) in [4.78, 5) is 0. The Balaban J connectivity index is 2.63. The monoisotopic (exact) mass is 286 g/mol. The van der Waals surface area contributed by atoms with Crippen LogP contribution in [0.1, 0.15) is 40.0 Å². The summed E-state index contributed by atoms with van der Waals surface area (Å²) in [6, 6.07) is 0. The Morgan fingerprint density at radius 1 is 1.44 bits per heavy atom. The molecule has 0 aliphatic heterocycles. The van der Waals surface area contributed by atoms with Crippen molar-refractivity contribution in [3.63, 3.8) is 0 Å². The Labute approximate surface area is 118 Å². The zero-order chi connectivity index (χ0) is 14.0. The van der Waals surface area contributed by atoms with Gasteiger partial charge in [-0.2, -0.15) is 0 Å². The molecule has 1 aliphatic rings. The third-order valence-electron chi connectivity index (χ3n) is 4.25. The van der Waals surface area contributed by atoms with Gasteiger partial charge in [0, 0.05) is 12.0 Å². The molecule has 18 heavy (non-hydrogen) atoms. The van der Waals surface area contributed by atoms with Crippen LogP contribution >= 0.6 is 11.6 Å². The molecule has 0 heterocycles. The molecule has 1 aliphatic carbocycles. The third kappa shape index (κ3) is 3.97. The van der Waals surface area contributed by atoms with Crippen molar-refractivity contribution in [1.29, 1.82) is 0 Å². The predicted octanol–water partition coefficient (Wildman–Crippen LogP) is 5.28. The fraction of sp³-hybridized carbons (Fsp3) is 0.733. The second-order valence-electron chi connectivity index (χ2n) is 6.73. The maximum Gasteiger partial charge on any atom is 0.192 e. The first kappa shape index (κ1) is 16.0. The van der Waals surface area contributed by atoms with Gasteiger partial charge in [-0.3, -0.25) is 0 Å². The summed E-state index contributed by atoms with van der Waals surface area (Å²) >= 11 is 5.76. The smallest absolute Gasteiger partial charge is 0.192 e. The molecule has 1 fully saturated rings. The standard InChI is InChI=1S/C15H27ClOSi/c1-12-11-14(8-7-13(12)9-10-16)17-18(5,6)15(2,3)4/h9,14H,1,7-8,10-11H2,2-6H3/b13-9-/t14-/m1/s1. The van der Waals surface area contributed by atoms with Gasteiger partial charge in [-0.15, -0.1) is 11.6 Å².